The van der Waals surface area contributed by atoms with Crippen LogP contribution in [0.4, 0.5) is 0 Å². The number of aryl methyl sites for hydroxylation is 1. The molecule has 1 heterocycles. The number of aliphatic carboxylic acids is 1. The molecule has 152 valence electrons. The standard InChI is InChI=1S/C18H13Cl2O.C2H4O5S/c1-12-10-15(13-2-6-16(19)7-3-13)11-18(21-12)14-4-8-17(20)9-5-14;3-2(4)1-8(5,6)7/h2-11H,1H3;1H2,(H,3,4)(H,5,6,7)/q+1;/p-1. The maximum absolute atomic E-state index is 9.51. The lowest BCUT2D eigenvalue weighted by Gasteiger charge is -2.01. The Balaban J connectivity index is 0.000000321. The van der Waals surface area contributed by atoms with Crippen molar-refractivity contribution in [3.05, 3.63) is 76.5 Å². The fourth-order valence-electron chi connectivity index (χ4n) is 2.35. The van der Waals surface area contributed by atoms with Crippen molar-refractivity contribution in [2.75, 3.05) is 5.75 Å². The van der Waals surface area contributed by atoms with Crippen molar-refractivity contribution in [2.45, 2.75) is 6.92 Å². The third-order valence-corrected chi connectivity index (χ3v) is 4.63. The number of halogens is 2. The van der Waals surface area contributed by atoms with Gasteiger partial charge in [0, 0.05) is 21.7 Å². The van der Waals surface area contributed by atoms with Gasteiger partial charge >= 0.3 is 17.5 Å². The van der Waals surface area contributed by atoms with Gasteiger partial charge in [-0.25, -0.2) is 12.8 Å². The molecule has 2 aromatic carbocycles. The number of carboxylic acid groups (broad SMARTS) is 1. The zero-order chi connectivity index (χ0) is 21.6. The first kappa shape index (κ1) is 22.8. The van der Waals surface area contributed by atoms with Crippen LogP contribution < -0.4 is 0 Å². The van der Waals surface area contributed by atoms with E-state index in [1.807, 2.05) is 67.6 Å². The second kappa shape index (κ2) is 9.84. The molecular formula is C20H16Cl2O6S. The van der Waals surface area contributed by atoms with Crippen LogP contribution in [0.25, 0.3) is 22.5 Å². The van der Waals surface area contributed by atoms with Gasteiger partial charge in [-0.1, -0.05) is 35.3 Å². The van der Waals surface area contributed by atoms with Gasteiger partial charge < -0.3 is 9.66 Å². The Bertz CT molecular complexity index is 1030. The number of rotatable bonds is 4. The van der Waals surface area contributed by atoms with E-state index in [0.29, 0.717) is 5.02 Å². The Kier molecular flexibility index (Phi) is 7.75. The van der Waals surface area contributed by atoms with E-state index in [-0.39, 0.29) is 0 Å². The molecule has 29 heavy (non-hydrogen) atoms. The quantitative estimate of drug-likeness (QED) is 0.432. The summed E-state index contributed by atoms with van der Waals surface area (Å²) in [5, 5.41) is 9.11. The Labute approximate surface area is 178 Å². The Morgan fingerprint density at radius 1 is 0.931 bits per heavy atom. The molecule has 3 aromatic rings. The summed E-state index contributed by atoms with van der Waals surface area (Å²) < 4.78 is 34.3. The van der Waals surface area contributed by atoms with Crippen LogP contribution in [0.15, 0.2) is 65.1 Å². The SMILES string of the molecule is Cc1cc(-c2ccc(Cl)cc2)cc(-c2ccc(Cl)cc2)[o+]1.O=C(O)CS(=O)(=O)[O-]. The van der Waals surface area contributed by atoms with Crippen molar-refractivity contribution in [3.63, 3.8) is 0 Å². The van der Waals surface area contributed by atoms with Crippen molar-refractivity contribution in [1.82, 2.24) is 0 Å². The van der Waals surface area contributed by atoms with Crippen LogP contribution in [0.5, 0.6) is 0 Å². The molecule has 0 saturated carbocycles. The molecule has 9 heteroatoms. The van der Waals surface area contributed by atoms with Gasteiger partial charge in [0.05, 0.1) is 18.6 Å². The molecule has 0 unspecified atom stereocenters. The normalized spacial score (nSPS) is 10.8. The second-order valence-corrected chi connectivity index (χ2v) is 8.21. The van der Waals surface area contributed by atoms with Gasteiger partial charge in [-0.3, -0.25) is 4.79 Å². The molecule has 3 rings (SSSR count). The Hall–Kier alpha value is -2.45. The minimum atomic E-state index is -4.57. The molecule has 0 bridgehead atoms. The van der Waals surface area contributed by atoms with E-state index in [1.54, 1.807) is 0 Å². The summed E-state index contributed by atoms with van der Waals surface area (Å²) in [6, 6.07) is 19.4. The molecule has 0 fully saturated rings. The number of carboxylic acids is 1. The van der Waals surface area contributed by atoms with Crippen LogP contribution in [-0.2, 0) is 14.9 Å². The van der Waals surface area contributed by atoms with Crippen LogP contribution in [0.2, 0.25) is 10.0 Å². The van der Waals surface area contributed by atoms with Gasteiger partial charge in [0.2, 0.25) is 0 Å². The highest BCUT2D eigenvalue weighted by molar-refractivity contribution is 7.86. The van der Waals surface area contributed by atoms with Crippen molar-refractivity contribution in [3.8, 4) is 22.5 Å². The van der Waals surface area contributed by atoms with Crippen molar-refractivity contribution >= 4 is 39.3 Å². The zero-order valence-corrected chi connectivity index (χ0v) is 17.5. The van der Waals surface area contributed by atoms with E-state index in [4.69, 9.17) is 32.7 Å². The summed E-state index contributed by atoms with van der Waals surface area (Å²) in [6.07, 6.45) is 0. The molecule has 0 radical (unpaired) electrons. The van der Waals surface area contributed by atoms with Crippen molar-refractivity contribution in [2.24, 2.45) is 0 Å². The largest absolute Gasteiger partial charge is 0.748 e. The van der Waals surface area contributed by atoms with Gasteiger partial charge in [0.15, 0.2) is 0 Å². The van der Waals surface area contributed by atoms with Gasteiger partial charge in [0.1, 0.15) is 15.9 Å². The van der Waals surface area contributed by atoms with Gasteiger partial charge in [-0.2, -0.15) is 0 Å². The number of carbonyl (C=O) groups is 1. The second-order valence-electron chi connectivity index (χ2n) is 5.93. The average Bonchev–Trinajstić information content (AvgIpc) is 2.61. The summed E-state index contributed by atoms with van der Waals surface area (Å²) >= 11 is 11.9. The van der Waals surface area contributed by atoms with Crippen LogP contribution in [0.3, 0.4) is 0 Å². The number of hydrogen-bond acceptors (Lipinski definition) is 4. The van der Waals surface area contributed by atoms with E-state index in [9.17, 15) is 17.8 Å². The highest BCUT2D eigenvalue weighted by atomic mass is 35.5. The van der Waals surface area contributed by atoms with Crippen molar-refractivity contribution in [1.29, 1.82) is 0 Å². The van der Waals surface area contributed by atoms with Crippen molar-refractivity contribution < 1.29 is 27.3 Å². The first-order valence-electron chi connectivity index (χ1n) is 8.15. The van der Waals surface area contributed by atoms with Gasteiger partial charge in [0.25, 0.3) is 0 Å². The number of hydrogen-bond donors (Lipinski definition) is 1. The fourth-order valence-corrected chi connectivity index (χ4v) is 2.91. The smallest absolute Gasteiger partial charge is 0.360 e. The number of benzene rings is 2. The van der Waals surface area contributed by atoms with E-state index >= 15 is 0 Å². The first-order chi connectivity index (χ1) is 13.5. The average molecular weight is 455 g/mol. The maximum Gasteiger partial charge on any atom is 0.360 e. The zero-order valence-electron chi connectivity index (χ0n) is 15.1. The molecule has 0 aliphatic heterocycles. The first-order valence-corrected chi connectivity index (χ1v) is 10.5. The minimum Gasteiger partial charge on any atom is -0.748 e. The summed E-state index contributed by atoms with van der Waals surface area (Å²) in [7, 11) is -4.57. The molecule has 0 aliphatic rings. The lowest BCUT2D eigenvalue weighted by molar-refractivity contribution is -0.134. The lowest BCUT2D eigenvalue weighted by Crippen LogP contribution is -2.13. The molecule has 6 nitrogen and oxygen atoms in total. The topological polar surface area (TPSA) is 106 Å². The summed E-state index contributed by atoms with van der Waals surface area (Å²) in [6.45, 7) is 1.94. The van der Waals surface area contributed by atoms with Gasteiger partial charge in [-0.05, 0) is 42.0 Å². The maximum atomic E-state index is 9.51. The van der Waals surface area contributed by atoms with Crippen LogP contribution in [0, 0.1) is 6.92 Å². The molecule has 0 atom stereocenters. The predicted octanol–water partition coefficient (Wildman–Crippen LogP) is 5.13. The van der Waals surface area contributed by atoms with E-state index < -0.39 is 21.8 Å². The molecule has 0 aliphatic carbocycles. The monoisotopic (exact) mass is 454 g/mol. The van der Waals surface area contributed by atoms with Gasteiger partial charge in [-0.15, -0.1) is 0 Å². The Morgan fingerprint density at radius 3 is 1.83 bits per heavy atom. The molecular weight excluding hydrogens is 439 g/mol. The van der Waals surface area contributed by atoms with E-state index in [1.165, 1.54) is 0 Å². The predicted molar refractivity (Wildman–Crippen MR) is 111 cm³/mol. The molecule has 1 N–H and O–H groups in total. The van der Waals surface area contributed by atoms with Crippen LogP contribution in [0.1, 0.15) is 5.76 Å². The highest BCUT2D eigenvalue weighted by Gasteiger charge is 2.16. The van der Waals surface area contributed by atoms with E-state index in [0.717, 1.165) is 33.2 Å². The van der Waals surface area contributed by atoms with Crippen LogP contribution in [-0.4, -0.2) is 29.8 Å². The fraction of sp³-hybridized carbons (Fsp3) is 0.100. The van der Waals surface area contributed by atoms with Crippen LogP contribution >= 0.6 is 23.2 Å². The lowest BCUT2D eigenvalue weighted by atomic mass is 10.0. The third kappa shape index (κ3) is 7.83. The highest BCUT2D eigenvalue weighted by Crippen LogP contribution is 2.29. The Morgan fingerprint density at radius 2 is 1.41 bits per heavy atom. The molecule has 1 aromatic heterocycles. The third-order valence-electron chi connectivity index (χ3n) is 3.52. The summed E-state index contributed by atoms with van der Waals surface area (Å²) in [5.74, 6) is -1.29. The minimum absolute atomic E-state index is 0.712. The molecule has 0 saturated heterocycles. The summed E-state index contributed by atoms with van der Waals surface area (Å²) in [5.41, 5.74) is 3.20. The molecule has 0 amide bonds. The van der Waals surface area contributed by atoms with E-state index in [2.05, 4.69) is 0 Å². The summed E-state index contributed by atoms with van der Waals surface area (Å²) in [4.78, 5) is 9.44. The molecule has 0 spiro atoms.